The Balaban J connectivity index is 1.75. The summed E-state index contributed by atoms with van der Waals surface area (Å²) in [6.07, 6.45) is 8.81. The SMILES string of the molecule is Cn1cnc(C(=O)N2CCCCCC2CC(O)c2ccco2)c1. The van der Waals surface area contributed by atoms with Crippen molar-refractivity contribution in [2.45, 2.75) is 44.2 Å². The van der Waals surface area contributed by atoms with Crippen LogP contribution in [-0.2, 0) is 7.05 Å². The van der Waals surface area contributed by atoms with Gasteiger partial charge in [-0.1, -0.05) is 12.8 Å². The number of carbonyl (C=O) groups is 1. The van der Waals surface area contributed by atoms with Gasteiger partial charge in [-0.3, -0.25) is 4.79 Å². The van der Waals surface area contributed by atoms with Gasteiger partial charge in [0.25, 0.3) is 5.91 Å². The maximum absolute atomic E-state index is 12.8. The molecule has 2 unspecified atom stereocenters. The van der Waals surface area contributed by atoms with Crippen molar-refractivity contribution in [2.75, 3.05) is 6.54 Å². The van der Waals surface area contributed by atoms with Crippen LogP contribution in [0.1, 0.15) is 54.5 Å². The second-order valence-corrected chi connectivity index (χ2v) is 6.19. The summed E-state index contributed by atoms with van der Waals surface area (Å²) in [6.45, 7) is 0.713. The van der Waals surface area contributed by atoms with Crippen LogP contribution in [-0.4, -0.2) is 38.1 Å². The lowest BCUT2D eigenvalue weighted by Crippen LogP contribution is -2.41. The fourth-order valence-corrected chi connectivity index (χ4v) is 3.21. The molecule has 1 aliphatic heterocycles. The van der Waals surface area contributed by atoms with Crippen molar-refractivity contribution < 1.29 is 14.3 Å². The lowest BCUT2D eigenvalue weighted by atomic mass is 10.0. The zero-order valence-electron chi connectivity index (χ0n) is 13.4. The molecule has 0 spiro atoms. The monoisotopic (exact) mass is 317 g/mol. The van der Waals surface area contributed by atoms with Crippen molar-refractivity contribution in [3.8, 4) is 0 Å². The molecular formula is C17H23N3O3. The second kappa shape index (κ2) is 7.00. The molecule has 23 heavy (non-hydrogen) atoms. The third kappa shape index (κ3) is 3.64. The van der Waals surface area contributed by atoms with E-state index in [1.807, 2.05) is 11.9 Å². The number of imidazole rings is 1. The first-order valence-corrected chi connectivity index (χ1v) is 8.15. The molecule has 2 atom stereocenters. The second-order valence-electron chi connectivity index (χ2n) is 6.19. The lowest BCUT2D eigenvalue weighted by Gasteiger charge is -2.30. The quantitative estimate of drug-likeness (QED) is 0.940. The summed E-state index contributed by atoms with van der Waals surface area (Å²) in [5, 5.41) is 10.4. The zero-order valence-corrected chi connectivity index (χ0v) is 13.4. The van der Waals surface area contributed by atoms with Crippen LogP contribution >= 0.6 is 0 Å². The number of hydrogen-bond donors (Lipinski definition) is 1. The summed E-state index contributed by atoms with van der Waals surface area (Å²) in [4.78, 5) is 18.8. The summed E-state index contributed by atoms with van der Waals surface area (Å²) >= 11 is 0. The molecule has 1 aliphatic rings. The molecule has 124 valence electrons. The Labute approximate surface area is 135 Å². The molecule has 2 aromatic heterocycles. The zero-order chi connectivity index (χ0) is 16.2. The summed E-state index contributed by atoms with van der Waals surface area (Å²) in [6, 6.07) is 3.54. The highest BCUT2D eigenvalue weighted by molar-refractivity contribution is 5.92. The van der Waals surface area contributed by atoms with E-state index in [2.05, 4.69) is 4.98 Å². The summed E-state index contributed by atoms with van der Waals surface area (Å²) in [5.74, 6) is 0.503. The number of amides is 1. The Morgan fingerprint density at radius 3 is 3.04 bits per heavy atom. The van der Waals surface area contributed by atoms with Gasteiger partial charge in [-0.2, -0.15) is 0 Å². The molecule has 0 aromatic carbocycles. The van der Waals surface area contributed by atoms with Crippen LogP contribution in [0, 0.1) is 0 Å². The highest BCUT2D eigenvalue weighted by Crippen LogP contribution is 2.27. The van der Waals surface area contributed by atoms with Gasteiger partial charge in [0.2, 0.25) is 0 Å². The molecule has 2 aromatic rings. The standard InChI is InChI=1S/C17H23N3O3/c1-19-11-14(18-12-19)17(22)20-8-4-2-3-6-13(20)10-15(21)16-7-5-9-23-16/h5,7,9,11-13,15,21H,2-4,6,8,10H2,1H3. The number of aryl methyl sites for hydroxylation is 1. The van der Waals surface area contributed by atoms with Crippen LogP contribution in [0.25, 0.3) is 0 Å². The number of nitrogens with zero attached hydrogens (tertiary/aromatic N) is 3. The van der Waals surface area contributed by atoms with E-state index < -0.39 is 6.10 Å². The van der Waals surface area contributed by atoms with Gasteiger partial charge in [0.1, 0.15) is 17.6 Å². The van der Waals surface area contributed by atoms with Gasteiger partial charge in [-0.25, -0.2) is 4.98 Å². The molecule has 3 rings (SSSR count). The van der Waals surface area contributed by atoms with Gasteiger partial charge in [-0.15, -0.1) is 0 Å². The third-order valence-corrected chi connectivity index (χ3v) is 4.43. The normalized spacial score (nSPS) is 20.3. The van der Waals surface area contributed by atoms with Gasteiger partial charge >= 0.3 is 0 Å². The Bertz CT molecular complexity index is 635. The van der Waals surface area contributed by atoms with E-state index in [4.69, 9.17) is 4.42 Å². The molecule has 0 bridgehead atoms. The molecule has 1 fully saturated rings. The number of aliphatic hydroxyl groups excluding tert-OH is 1. The third-order valence-electron chi connectivity index (χ3n) is 4.43. The summed E-state index contributed by atoms with van der Waals surface area (Å²) in [5.41, 5.74) is 0.465. The molecule has 6 heteroatoms. The minimum absolute atomic E-state index is 0.00658. The van der Waals surface area contributed by atoms with E-state index in [1.165, 1.54) is 0 Å². The first-order valence-electron chi connectivity index (χ1n) is 8.15. The van der Waals surface area contributed by atoms with Crippen molar-refractivity contribution >= 4 is 5.91 Å². The molecule has 0 radical (unpaired) electrons. The number of rotatable bonds is 4. The summed E-state index contributed by atoms with van der Waals surface area (Å²) in [7, 11) is 1.85. The van der Waals surface area contributed by atoms with Crippen LogP contribution in [0.2, 0.25) is 0 Å². The number of hydrogen-bond acceptors (Lipinski definition) is 4. The molecule has 0 aliphatic carbocycles. The van der Waals surface area contributed by atoms with Crippen LogP contribution < -0.4 is 0 Å². The maximum Gasteiger partial charge on any atom is 0.274 e. The number of carbonyl (C=O) groups excluding carboxylic acids is 1. The van der Waals surface area contributed by atoms with Gasteiger partial charge in [-0.05, 0) is 25.0 Å². The number of aliphatic hydroxyl groups is 1. The van der Waals surface area contributed by atoms with Crippen LogP contribution in [0.5, 0.6) is 0 Å². The molecule has 1 saturated heterocycles. The first kappa shape index (κ1) is 15.8. The van der Waals surface area contributed by atoms with Crippen LogP contribution in [0.3, 0.4) is 0 Å². The average molecular weight is 317 g/mol. The highest BCUT2D eigenvalue weighted by atomic mass is 16.4. The molecular weight excluding hydrogens is 294 g/mol. The van der Waals surface area contributed by atoms with Crippen molar-refractivity contribution in [3.05, 3.63) is 42.4 Å². The van der Waals surface area contributed by atoms with Crippen LogP contribution in [0.15, 0.2) is 35.3 Å². The Morgan fingerprint density at radius 1 is 1.48 bits per heavy atom. The van der Waals surface area contributed by atoms with Crippen molar-refractivity contribution in [1.82, 2.24) is 14.5 Å². The van der Waals surface area contributed by atoms with Gasteiger partial charge in [0.15, 0.2) is 0 Å². The molecule has 1 N–H and O–H groups in total. The van der Waals surface area contributed by atoms with E-state index >= 15 is 0 Å². The highest BCUT2D eigenvalue weighted by Gasteiger charge is 2.30. The van der Waals surface area contributed by atoms with E-state index in [9.17, 15) is 9.90 Å². The fourth-order valence-electron chi connectivity index (χ4n) is 3.21. The maximum atomic E-state index is 12.8. The fraction of sp³-hybridized carbons (Fsp3) is 0.529. The average Bonchev–Trinajstić information content (AvgIpc) is 3.16. The Hall–Kier alpha value is -2.08. The van der Waals surface area contributed by atoms with Gasteiger partial charge in [0, 0.05) is 32.3 Å². The van der Waals surface area contributed by atoms with Crippen molar-refractivity contribution in [1.29, 1.82) is 0 Å². The van der Waals surface area contributed by atoms with Crippen molar-refractivity contribution in [3.63, 3.8) is 0 Å². The van der Waals surface area contributed by atoms with E-state index in [-0.39, 0.29) is 11.9 Å². The molecule has 3 heterocycles. The van der Waals surface area contributed by atoms with Crippen molar-refractivity contribution in [2.24, 2.45) is 7.05 Å². The minimum atomic E-state index is -0.688. The molecule has 6 nitrogen and oxygen atoms in total. The first-order chi connectivity index (χ1) is 11.1. The number of aromatic nitrogens is 2. The Morgan fingerprint density at radius 2 is 2.35 bits per heavy atom. The largest absolute Gasteiger partial charge is 0.467 e. The summed E-state index contributed by atoms with van der Waals surface area (Å²) < 4.78 is 7.06. The Kier molecular flexibility index (Phi) is 4.81. The predicted octanol–water partition coefficient (Wildman–Crippen LogP) is 2.52. The van der Waals surface area contributed by atoms with Crippen LogP contribution in [0.4, 0.5) is 0 Å². The predicted molar refractivity (Wildman–Crippen MR) is 84.8 cm³/mol. The molecule has 1 amide bonds. The van der Waals surface area contributed by atoms with E-state index in [0.29, 0.717) is 24.4 Å². The minimum Gasteiger partial charge on any atom is -0.467 e. The number of likely N-dealkylation sites (tertiary alicyclic amines) is 1. The smallest absolute Gasteiger partial charge is 0.274 e. The topological polar surface area (TPSA) is 71.5 Å². The van der Waals surface area contributed by atoms with E-state index in [1.54, 1.807) is 35.5 Å². The lowest BCUT2D eigenvalue weighted by molar-refractivity contribution is 0.0552. The van der Waals surface area contributed by atoms with E-state index in [0.717, 1.165) is 25.7 Å². The van der Waals surface area contributed by atoms with Gasteiger partial charge in [0.05, 0.1) is 12.6 Å². The van der Waals surface area contributed by atoms with Gasteiger partial charge < -0.3 is 19.0 Å². The number of furan rings is 1. The molecule has 0 saturated carbocycles.